The number of aliphatic hydroxyl groups is 1. The molecule has 2 N–H and O–H groups in total. The Morgan fingerprint density at radius 3 is 2.75 bits per heavy atom. The zero-order chi connectivity index (χ0) is 11.4. The van der Waals surface area contributed by atoms with Gasteiger partial charge >= 0.3 is 0 Å². The second kappa shape index (κ2) is 5.99. The maximum absolute atomic E-state index is 9.45. The van der Waals surface area contributed by atoms with Crippen LogP contribution < -0.4 is 5.32 Å². The molecule has 1 heterocycles. The second-order valence-electron chi connectivity index (χ2n) is 5.62. The molecule has 0 aromatic rings. The zero-order valence-electron chi connectivity index (χ0n) is 10.5. The van der Waals surface area contributed by atoms with E-state index in [4.69, 9.17) is 0 Å². The number of hydrogen-bond acceptors (Lipinski definition) is 3. The van der Waals surface area contributed by atoms with Crippen molar-refractivity contribution in [1.29, 1.82) is 0 Å². The highest BCUT2D eigenvalue weighted by Crippen LogP contribution is 2.24. The largest absolute Gasteiger partial charge is 0.393 e. The van der Waals surface area contributed by atoms with Crippen molar-refractivity contribution in [2.75, 3.05) is 26.7 Å². The summed E-state index contributed by atoms with van der Waals surface area (Å²) in [5.74, 6) is 0.712. The fourth-order valence-corrected chi connectivity index (χ4v) is 3.09. The van der Waals surface area contributed by atoms with Crippen LogP contribution in [0.4, 0.5) is 0 Å². The third-order valence-corrected chi connectivity index (χ3v) is 4.25. The predicted molar refractivity (Wildman–Crippen MR) is 66.5 cm³/mol. The first kappa shape index (κ1) is 12.3. The molecule has 16 heavy (non-hydrogen) atoms. The van der Waals surface area contributed by atoms with E-state index in [1.807, 2.05) is 0 Å². The lowest BCUT2D eigenvalue weighted by molar-refractivity contribution is 0.172. The molecule has 2 aliphatic rings. The summed E-state index contributed by atoms with van der Waals surface area (Å²) in [6.07, 6.45) is 7.29. The predicted octanol–water partition coefficient (Wildman–Crippen LogP) is 1.22. The first-order chi connectivity index (χ1) is 7.75. The molecule has 0 aromatic carbocycles. The van der Waals surface area contributed by atoms with E-state index in [1.54, 1.807) is 0 Å². The summed E-state index contributed by atoms with van der Waals surface area (Å²) in [6, 6.07) is 0.736. The summed E-state index contributed by atoms with van der Waals surface area (Å²) in [5, 5.41) is 13.0. The Labute approximate surface area is 99.2 Å². The van der Waals surface area contributed by atoms with Crippen molar-refractivity contribution in [2.45, 2.75) is 50.7 Å². The molecule has 0 aromatic heterocycles. The average Bonchev–Trinajstić information content (AvgIpc) is 2.67. The van der Waals surface area contributed by atoms with E-state index < -0.39 is 0 Å². The molecule has 2 fully saturated rings. The highest BCUT2D eigenvalue weighted by Gasteiger charge is 2.23. The van der Waals surface area contributed by atoms with E-state index in [1.165, 1.54) is 32.2 Å². The molecular weight excluding hydrogens is 200 g/mol. The van der Waals surface area contributed by atoms with Gasteiger partial charge in [0.05, 0.1) is 6.10 Å². The summed E-state index contributed by atoms with van der Waals surface area (Å²) in [5.41, 5.74) is 0. The molecule has 0 amide bonds. The molecule has 2 rings (SSSR count). The molecule has 0 spiro atoms. The van der Waals surface area contributed by atoms with E-state index in [-0.39, 0.29) is 6.10 Å². The molecule has 0 radical (unpaired) electrons. The third-order valence-electron chi connectivity index (χ3n) is 4.25. The lowest BCUT2D eigenvalue weighted by atomic mass is 10.0. The molecule has 0 bridgehead atoms. The molecule has 3 unspecified atom stereocenters. The topological polar surface area (TPSA) is 35.5 Å². The minimum absolute atomic E-state index is 0.0239. The summed E-state index contributed by atoms with van der Waals surface area (Å²) < 4.78 is 0. The fraction of sp³-hybridized carbons (Fsp3) is 1.00. The van der Waals surface area contributed by atoms with E-state index in [0.29, 0.717) is 5.92 Å². The minimum Gasteiger partial charge on any atom is -0.393 e. The van der Waals surface area contributed by atoms with Crippen molar-refractivity contribution in [3.8, 4) is 0 Å². The van der Waals surface area contributed by atoms with Crippen LogP contribution >= 0.6 is 0 Å². The van der Waals surface area contributed by atoms with Crippen molar-refractivity contribution in [3.05, 3.63) is 0 Å². The van der Waals surface area contributed by atoms with Crippen molar-refractivity contribution in [1.82, 2.24) is 10.2 Å². The molecule has 1 saturated carbocycles. The van der Waals surface area contributed by atoms with Gasteiger partial charge in [-0.05, 0) is 58.2 Å². The fourth-order valence-electron chi connectivity index (χ4n) is 3.09. The van der Waals surface area contributed by atoms with Gasteiger partial charge in [0.1, 0.15) is 0 Å². The van der Waals surface area contributed by atoms with Crippen LogP contribution in [-0.2, 0) is 0 Å². The highest BCUT2D eigenvalue weighted by atomic mass is 16.3. The molecule has 3 atom stereocenters. The Morgan fingerprint density at radius 2 is 2.06 bits per heavy atom. The van der Waals surface area contributed by atoms with Crippen LogP contribution in [0.5, 0.6) is 0 Å². The average molecular weight is 226 g/mol. The van der Waals surface area contributed by atoms with Crippen LogP contribution in [0.3, 0.4) is 0 Å². The van der Waals surface area contributed by atoms with Crippen LogP contribution in [0.1, 0.15) is 38.5 Å². The number of aliphatic hydroxyl groups excluding tert-OH is 1. The molecular formula is C13H26N2O. The van der Waals surface area contributed by atoms with Gasteiger partial charge in [-0.15, -0.1) is 0 Å². The van der Waals surface area contributed by atoms with Gasteiger partial charge in [0.15, 0.2) is 0 Å². The summed E-state index contributed by atoms with van der Waals surface area (Å²) >= 11 is 0. The Morgan fingerprint density at radius 1 is 1.19 bits per heavy atom. The third kappa shape index (κ3) is 3.44. The lowest BCUT2D eigenvalue weighted by Crippen LogP contribution is -2.43. The SMILES string of the molecule is CN1CCCCC1CNCC1CCC(O)C1. The smallest absolute Gasteiger partial charge is 0.0543 e. The Kier molecular flexibility index (Phi) is 4.62. The van der Waals surface area contributed by atoms with Gasteiger partial charge in [-0.3, -0.25) is 0 Å². The zero-order valence-corrected chi connectivity index (χ0v) is 10.5. The quantitative estimate of drug-likeness (QED) is 0.756. The highest BCUT2D eigenvalue weighted by molar-refractivity contribution is 4.79. The first-order valence-corrected chi connectivity index (χ1v) is 6.84. The van der Waals surface area contributed by atoms with Gasteiger partial charge < -0.3 is 15.3 Å². The van der Waals surface area contributed by atoms with Crippen molar-refractivity contribution >= 4 is 0 Å². The van der Waals surface area contributed by atoms with Crippen molar-refractivity contribution < 1.29 is 5.11 Å². The normalized spacial score (nSPS) is 36.8. The Hall–Kier alpha value is -0.120. The number of likely N-dealkylation sites (tertiary alicyclic amines) is 1. The van der Waals surface area contributed by atoms with Crippen LogP contribution in [0.15, 0.2) is 0 Å². The van der Waals surface area contributed by atoms with E-state index >= 15 is 0 Å². The van der Waals surface area contributed by atoms with Crippen molar-refractivity contribution in [3.63, 3.8) is 0 Å². The van der Waals surface area contributed by atoms with Crippen LogP contribution in [0, 0.1) is 5.92 Å². The van der Waals surface area contributed by atoms with Crippen LogP contribution in [-0.4, -0.2) is 48.8 Å². The summed E-state index contributed by atoms with van der Waals surface area (Å²) in [4.78, 5) is 2.49. The monoisotopic (exact) mass is 226 g/mol. The number of hydrogen-bond donors (Lipinski definition) is 2. The maximum Gasteiger partial charge on any atom is 0.0543 e. The first-order valence-electron chi connectivity index (χ1n) is 6.84. The molecule has 1 saturated heterocycles. The van der Waals surface area contributed by atoms with Gasteiger partial charge in [-0.25, -0.2) is 0 Å². The van der Waals surface area contributed by atoms with Gasteiger partial charge in [0.25, 0.3) is 0 Å². The second-order valence-corrected chi connectivity index (χ2v) is 5.62. The van der Waals surface area contributed by atoms with E-state index in [0.717, 1.165) is 32.0 Å². The van der Waals surface area contributed by atoms with Crippen molar-refractivity contribution in [2.24, 2.45) is 5.92 Å². The Bertz CT molecular complexity index is 210. The van der Waals surface area contributed by atoms with Gasteiger partial charge in [-0.1, -0.05) is 6.42 Å². The van der Waals surface area contributed by atoms with E-state index in [9.17, 15) is 5.11 Å². The number of rotatable bonds is 4. The molecule has 1 aliphatic heterocycles. The molecule has 1 aliphatic carbocycles. The number of likely N-dealkylation sites (N-methyl/N-ethyl adjacent to an activating group) is 1. The summed E-state index contributed by atoms with van der Waals surface area (Å²) in [6.45, 7) is 3.49. The lowest BCUT2D eigenvalue weighted by Gasteiger charge is -2.32. The van der Waals surface area contributed by atoms with Gasteiger partial charge in [0, 0.05) is 12.6 Å². The van der Waals surface area contributed by atoms with Crippen LogP contribution in [0.25, 0.3) is 0 Å². The number of piperidine rings is 1. The Balaban J connectivity index is 1.60. The van der Waals surface area contributed by atoms with E-state index in [2.05, 4.69) is 17.3 Å². The molecule has 94 valence electrons. The van der Waals surface area contributed by atoms with Gasteiger partial charge in [0.2, 0.25) is 0 Å². The molecule has 3 heteroatoms. The van der Waals surface area contributed by atoms with Crippen LogP contribution in [0.2, 0.25) is 0 Å². The molecule has 3 nitrogen and oxygen atoms in total. The minimum atomic E-state index is -0.0239. The standard InChI is InChI=1S/C13H26N2O/c1-15-7-3-2-4-12(15)10-14-9-11-5-6-13(16)8-11/h11-14,16H,2-10H2,1H3. The number of nitrogens with one attached hydrogen (secondary N) is 1. The summed E-state index contributed by atoms with van der Waals surface area (Å²) in [7, 11) is 2.24. The maximum atomic E-state index is 9.45. The van der Waals surface area contributed by atoms with Gasteiger partial charge in [-0.2, -0.15) is 0 Å². The number of nitrogens with zero attached hydrogens (tertiary/aromatic N) is 1.